The molecule has 34 heteroatoms. The summed E-state index contributed by atoms with van der Waals surface area (Å²) in [5.74, 6) is -0.790. The van der Waals surface area contributed by atoms with Crippen LogP contribution in [0.4, 0.5) is 28.4 Å². The van der Waals surface area contributed by atoms with Crippen molar-refractivity contribution in [3.05, 3.63) is 284 Å². The van der Waals surface area contributed by atoms with Gasteiger partial charge in [-0.15, -0.1) is 0 Å². The second kappa shape index (κ2) is 43.1. The third-order valence-corrected chi connectivity index (χ3v) is 22.6. The monoisotopic (exact) mass is 1760 g/mol. The zero-order valence-electron chi connectivity index (χ0n) is 75.3. The molecule has 0 saturated carbocycles. The van der Waals surface area contributed by atoms with Gasteiger partial charge in [0.05, 0.1) is 59.3 Å². The lowest BCUT2D eigenvalue weighted by molar-refractivity contribution is 0.0383. The summed E-state index contributed by atoms with van der Waals surface area (Å²) in [5, 5.41) is 30.5. The fourth-order valence-electron chi connectivity index (χ4n) is 14.3. The van der Waals surface area contributed by atoms with Gasteiger partial charge in [-0.1, -0.05) is 18.2 Å². The van der Waals surface area contributed by atoms with Crippen LogP contribution in [-0.2, 0) is 75.2 Å². The van der Waals surface area contributed by atoms with Gasteiger partial charge in [0.15, 0.2) is 9.84 Å². The van der Waals surface area contributed by atoms with E-state index in [9.17, 15) is 56.4 Å². The predicted octanol–water partition coefficient (Wildman–Crippen LogP) is 8.46. The van der Waals surface area contributed by atoms with Crippen LogP contribution in [0, 0.1) is 0 Å². The van der Waals surface area contributed by atoms with Gasteiger partial charge in [-0.3, -0.25) is 48.1 Å². The van der Waals surface area contributed by atoms with Crippen molar-refractivity contribution in [1.29, 1.82) is 0 Å². The number of carbonyl (C=O) groups excluding carboxylic acids is 3. The van der Waals surface area contributed by atoms with E-state index in [1.807, 2.05) is 144 Å². The number of pyridine rings is 7. The van der Waals surface area contributed by atoms with E-state index < -0.39 is 15.8 Å². The van der Waals surface area contributed by atoms with Gasteiger partial charge in [-0.2, -0.15) is 0 Å². The van der Waals surface area contributed by atoms with Gasteiger partial charge in [0.2, 0.25) is 0 Å². The fraction of sp³-hybridized carbons (Fsp3) is 0.287. The zero-order valence-corrected chi connectivity index (χ0v) is 76.1. The lowest BCUT2D eigenvalue weighted by Crippen LogP contribution is -2.41. The summed E-state index contributed by atoms with van der Waals surface area (Å²) in [5.41, 5.74) is 8.25. The molecular formula is C94H111N19O14S. The van der Waals surface area contributed by atoms with Crippen LogP contribution in [0.2, 0.25) is 0 Å². The minimum Gasteiger partial charge on any atom is -0.465 e. The summed E-state index contributed by atoms with van der Waals surface area (Å²) in [7, 11) is 26.7. The fourth-order valence-corrected chi connectivity index (χ4v) is 15.3. The number of methoxy groups -OCH3 is 1. The van der Waals surface area contributed by atoms with E-state index in [0.29, 0.717) is 78.3 Å². The van der Waals surface area contributed by atoms with Crippen LogP contribution in [0.15, 0.2) is 228 Å². The molecule has 16 rings (SSSR count). The second-order valence-electron chi connectivity index (χ2n) is 31.1. The van der Waals surface area contributed by atoms with E-state index in [-0.39, 0.29) is 55.6 Å². The van der Waals surface area contributed by atoms with Crippen LogP contribution in [0.5, 0.6) is 0 Å². The number of benzene rings is 7. The molecule has 8 N–H and O–H groups in total. The van der Waals surface area contributed by atoms with Gasteiger partial charge >= 0.3 is 5.97 Å². The number of sulfone groups is 1. The maximum atomic E-state index is 12.7. The molecule has 2 amide bonds. The number of aromatic nitrogens is 9. The summed E-state index contributed by atoms with van der Waals surface area (Å²) in [4.78, 5) is 134. The highest BCUT2D eigenvalue weighted by Gasteiger charge is 2.21. The van der Waals surface area contributed by atoms with Gasteiger partial charge < -0.3 is 93.4 Å². The number of aryl methyl sites for hydroxylation is 7. The van der Waals surface area contributed by atoms with Crippen LogP contribution in [0.1, 0.15) is 36.6 Å². The van der Waals surface area contributed by atoms with Gasteiger partial charge in [-0.05, 0) is 171 Å². The van der Waals surface area contributed by atoms with Crippen LogP contribution >= 0.6 is 0 Å². The maximum Gasteiger partial charge on any atom is 0.339 e. The quantitative estimate of drug-likeness (QED) is 0.0396. The Morgan fingerprint density at radius 3 is 1.30 bits per heavy atom. The molecule has 33 nitrogen and oxygen atoms in total. The Labute approximate surface area is 738 Å². The summed E-state index contributed by atoms with van der Waals surface area (Å²) in [6, 6.07) is 42.3. The molecule has 1 saturated heterocycles. The third kappa shape index (κ3) is 23.0. The molecule has 672 valence electrons. The zero-order chi connectivity index (χ0) is 93.1. The Morgan fingerprint density at radius 2 is 0.836 bits per heavy atom. The van der Waals surface area contributed by atoms with Gasteiger partial charge in [0.25, 0.3) is 50.7 Å². The average Bonchev–Trinajstić information content (AvgIpc) is 1.14. The van der Waals surface area contributed by atoms with E-state index in [0.717, 1.165) is 124 Å². The number of nitrogens with zero attached hydrogens (tertiary/aromatic N) is 11. The molecule has 1 fully saturated rings. The highest BCUT2D eigenvalue weighted by atomic mass is 32.2. The van der Waals surface area contributed by atoms with E-state index in [2.05, 4.69) is 57.0 Å². The second-order valence-corrected chi connectivity index (χ2v) is 33.1. The number of hydrogen-bond acceptors (Lipinski definition) is 23. The number of carbonyl (C=O) groups is 3. The van der Waals surface area contributed by atoms with Crippen molar-refractivity contribution in [1.82, 2.24) is 67.3 Å². The summed E-state index contributed by atoms with van der Waals surface area (Å²) < 4.78 is 44.0. The Bertz CT molecular complexity index is 7220. The topological polar surface area (TPSA) is 380 Å². The number of esters is 1. The van der Waals surface area contributed by atoms with Gasteiger partial charge in [-0.25, -0.2) is 18.2 Å². The molecule has 7 aromatic carbocycles. The Hall–Kier alpha value is -14.3. The van der Waals surface area contributed by atoms with Crippen LogP contribution < -0.4 is 76.1 Å². The van der Waals surface area contributed by atoms with Crippen LogP contribution in [0.25, 0.3) is 86.4 Å². The molecule has 128 heavy (non-hydrogen) atoms. The number of aromatic amines is 1. The molecule has 9 heterocycles. The number of hydrogen-bond donors (Lipinski definition) is 8. The SMILES string of the molecule is CNc1ccc2c(=O)n(C)cc(C(=O)NCCN(C)C)c2c1.CNc1ccc2c(=O)n(C)cc(C(=O)NCCN3CCOCC3)c2c1.CNc1ccc2c(=O)n(C)cc(C(=O)OC)c2c1.CNc1ccc2c(=O)n(C)cc(CN(C)C)c2c1.CNc1ccc2c(=O)n(C)cc(S(C)(=O)=O)c2c1.Cn1ccc2cc3[nH]cnc3cc2c1=O.Cn1ccc2ccccc2c1=O. The number of morpholine rings is 1. The van der Waals surface area contributed by atoms with Gasteiger partial charge in [0, 0.05) is 268 Å². The van der Waals surface area contributed by atoms with Crippen molar-refractivity contribution in [2.24, 2.45) is 49.3 Å². The average molecular weight is 1760 g/mol. The van der Waals surface area contributed by atoms with Crippen molar-refractivity contribution in [2.75, 3.05) is 156 Å². The maximum absolute atomic E-state index is 12.7. The molecular weight excluding hydrogens is 1650 g/mol. The molecule has 0 unspecified atom stereocenters. The minimum absolute atomic E-state index is 0.0115. The van der Waals surface area contributed by atoms with E-state index in [4.69, 9.17) is 9.47 Å². The first-order valence-corrected chi connectivity index (χ1v) is 42.9. The molecule has 0 bridgehead atoms. The molecule has 0 atom stereocenters. The normalized spacial score (nSPS) is 11.8. The number of likely N-dealkylation sites (N-methyl/N-ethyl adjacent to an activating group) is 1. The smallest absolute Gasteiger partial charge is 0.339 e. The van der Waals surface area contributed by atoms with Crippen molar-refractivity contribution in [3.8, 4) is 0 Å². The molecule has 8 aromatic heterocycles. The first-order valence-electron chi connectivity index (χ1n) is 41.0. The molecule has 1 aliphatic rings. The van der Waals surface area contributed by atoms with E-state index in [1.54, 1.807) is 164 Å². The number of H-pyrrole nitrogens is 1. The van der Waals surface area contributed by atoms with E-state index >= 15 is 0 Å². The van der Waals surface area contributed by atoms with Crippen molar-refractivity contribution in [3.63, 3.8) is 0 Å². The minimum atomic E-state index is -3.38. The molecule has 0 spiro atoms. The Kier molecular flexibility index (Phi) is 32.3. The third-order valence-electron chi connectivity index (χ3n) is 21.5. The van der Waals surface area contributed by atoms with Crippen LogP contribution in [-0.4, -0.2) is 212 Å². The summed E-state index contributed by atoms with van der Waals surface area (Å²) in [6.07, 6.45) is 14.3. The number of fused-ring (bicyclic) bond motifs is 8. The number of rotatable bonds is 17. The largest absolute Gasteiger partial charge is 0.465 e. The first kappa shape index (κ1) is 95.9. The predicted molar refractivity (Wildman–Crippen MR) is 514 cm³/mol. The van der Waals surface area contributed by atoms with Crippen LogP contribution in [0.3, 0.4) is 0 Å². The standard InChI is InChI=1S/C18H24N4O3.C16H22N4O2.C14H19N3O.C13H14N2O3.C12H14N2O3S.C11H9N3O.C10H9NO/c1-19-13-3-4-14-15(11-13)16(12-21(2)18(14)24)17(23)20-5-6-22-7-9-25-10-8-22;1-17-11-5-6-12-13(9-11)14(10-20(4)16(12)22)15(21)18-7-8-19(2)3;1-15-11-5-6-12-13(7-11)10(8-16(2)3)9-17(4)14(12)18;1-14-8-4-5-9-10(6-8)11(13(17)18-3)7-15(2)12(9)16;1-13-8-4-5-9-10(6-8)11(18(3,16)17)7-14(2)12(9)15;1-14-3-2-7-4-9-10(13-6-12-9)5-8(7)11(14)15;1-11-7-6-8-4-2-3-5-9(8)10(11)12/h3-4,11-12,19H,5-10H2,1-2H3,(H,20,23);5-6,9-10,17H,7-8H2,1-4H3,(H,18,21);5-7,9,15H,8H2,1-4H3;4-7,14H,1-3H3;4-7,13H,1-3H3;2-6H,1H3,(H,12,13);2-7H,1H3. The lowest BCUT2D eigenvalue weighted by Gasteiger charge is -2.26. The Balaban J connectivity index is 0.000000157. The number of ether oxygens (including phenoxy) is 2. The van der Waals surface area contributed by atoms with Crippen molar-refractivity contribution >= 4 is 142 Å². The highest BCUT2D eigenvalue weighted by molar-refractivity contribution is 7.91. The molecule has 1 aliphatic heterocycles. The van der Waals surface area contributed by atoms with Crippen molar-refractivity contribution < 1.29 is 32.3 Å². The van der Waals surface area contributed by atoms with E-state index in [1.165, 1.54) is 37.8 Å². The highest BCUT2D eigenvalue weighted by Crippen LogP contribution is 2.28. The number of amides is 2. The number of anilines is 5. The molecule has 15 aromatic rings. The Morgan fingerprint density at radius 1 is 0.438 bits per heavy atom. The number of imidazole rings is 1. The first-order chi connectivity index (χ1) is 61.0. The summed E-state index contributed by atoms with van der Waals surface area (Å²) in [6.45, 7) is 6.76. The lowest BCUT2D eigenvalue weighted by atomic mass is 10.1. The number of nitrogens with one attached hydrogen (secondary N) is 8. The van der Waals surface area contributed by atoms with Gasteiger partial charge in [0.1, 0.15) is 0 Å². The summed E-state index contributed by atoms with van der Waals surface area (Å²) >= 11 is 0. The van der Waals surface area contributed by atoms with Crippen molar-refractivity contribution in [2.45, 2.75) is 11.4 Å². The molecule has 0 radical (unpaired) electrons. The molecule has 0 aliphatic carbocycles.